The van der Waals surface area contributed by atoms with Gasteiger partial charge in [-0.05, 0) is 41.8 Å². The van der Waals surface area contributed by atoms with Crippen LogP contribution in [0.15, 0.2) is 59.3 Å². The average Bonchev–Trinajstić information content (AvgIpc) is 3.22. The van der Waals surface area contributed by atoms with Gasteiger partial charge in [0.15, 0.2) is 5.82 Å². The fourth-order valence-electron chi connectivity index (χ4n) is 2.91. The van der Waals surface area contributed by atoms with Crippen molar-refractivity contribution >= 4 is 45.3 Å². The number of aromatic nitrogens is 2. The van der Waals surface area contributed by atoms with Crippen LogP contribution in [0.3, 0.4) is 0 Å². The van der Waals surface area contributed by atoms with Crippen molar-refractivity contribution in [3.63, 3.8) is 0 Å². The van der Waals surface area contributed by atoms with Gasteiger partial charge in [0.25, 0.3) is 0 Å². The fourth-order valence-corrected chi connectivity index (χ4v) is 3.54. The number of fused-ring (bicyclic) bond motifs is 1. The number of ether oxygens (including phenoxy) is 1. The van der Waals surface area contributed by atoms with Gasteiger partial charge in [-0.25, -0.2) is 9.97 Å². The number of benzene rings is 2. The highest BCUT2D eigenvalue weighted by Gasteiger charge is 2.13. The molecule has 0 radical (unpaired) electrons. The van der Waals surface area contributed by atoms with E-state index in [1.165, 1.54) is 6.92 Å². The van der Waals surface area contributed by atoms with Crippen LogP contribution in [0.4, 0.5) is 17.2 Å². The summed E-state index contributed by atoms with van der Waals surface area (Å²) in [6.45, 7) is 1.47. The van der Waals surface area contributed by atoms with E-state index >= 15 is 0 Å². The summed E-state index contributed by atoms with van der Waals surface area (Å²) in [5.41, 5.74) is 3.19. The predicted octanol–water partition coefficient (Wildman–Crippen LogP) is 5.07. The molecule has 0 aliphatic carbocycles. The Morgan fingerprint density at radius 1 is 1.11 bits per heavy atom. The molecule has 4 rings (SSSR count). The van der Waals surface area contributed by atoms with Gasteiger partial charge in [-0.3, -0.25) is 4.79 Å². The summed E-state index contributed by atoms with van der Waals surface area (Å²) in [7, 11) is 1.60. The average molecular weight is 390 g/mol. The van der Waals surface area contributed by atoms with Gasteiger partial charge in [0, 0.05) is 28.9 Å². The minimum absolute atomic E-state index is 0.136. The molecule has 0 fully saturated rings. The zero-order valence-electron chi connectivity index (χ0n) is 15.4. The number of anilines is 3. The van der Waals surface area contributed by atoms with Crippen LogP contribution in [0.5, 0.6) is 5.75 Å². The molecule has 0 saturated heterocycles. The van der Waals surface area contributed by atoms with E-state index in [4.69, 9.17) is 9.72 Å². The van der Waals surface area contributed by atoms with Crippen LogP contribution >= 0.6 is 11.3 Å². The molecule has 0 aliphatic heterocycles. The molecule has 0 spiro atoms. The van der Waals surface area contributed by atoms with E-state index < -0.39 is 0 Å². The number of nitrogens with zero attached hydrogens (tertiary/aromatic N) is 2. The highest BCUT2D eigenvalue weighted by molar-refractivity contribution is 7.08. The summed E-state index contributed by atoms with van der Waals surface area (Å²) in [5, 5.41) is 11.1. The van der Waals surface area contributed by atoms with E-state index in [-0.39, 0.29) is 5.91 Å². The summed E-state index contributed by atoms with van der Waals surface area (Å²) in [6, 6.07) is 15.2. The summed E-state index contributed by atoms with van der Waals surface area (Å²) >= 11 is 1.60. The molecule has 0 bridgehead atoms. The van der Waals surface area contributed by atoms with Crippen molar-refractivity contribution in [3.8, 4) is 17.1 Å². The summed E-state index contributed by atoms with van der Waals surface area (Å²) < 4.78 is 5.48. The second-order valence-electron chi connectivity index (χ2n) is 6.15. The summed E-state index contributed by atoms with van der Waals surface area (Å²) in [4.78, 5) is 20.8. The minimum Gasteiger partial charge on any atom is -0.495 e. The molecule has 140 valence electrons. The molecule has 7 heteroatoms. The molecule has 0 saturated carbocycles. The Bertz CT molecular complexity index is 1140. The number of thiophene rings is 1. The molecule has 28 heavy (non-hydrogen) atoms. The standard InChI is InChI=1S/C21H18N4O2S/c1-13(26)22-15-7-8-19(27-2)18(11-15)24-21-16-5-3-4-6-17(16)23-20(25-21)14-9-10-28-12-14/h3-12H,1-2H3,(H,22,26)(H,23,24,25). The van der Waals surface area contributed by atoms with Crippen LogP contribution in [-0.2, 0) is 4.79 Å². The molecule has 0 aliphatic rings. The Hall–Kier alpha value is -3.45. The molecule has 6 nitrogen and oxygen atoms in total. The molecule has 4 aromatic rings. The number of rotatable bonds is 5. The van der Waals surface area contributed by atoms with Crippen LogP contribution < -0.4 is 15.4 Å². The van der Waals surface area contributed by atoms with E-state index in [0.717, 1.165) is 16.5 Å². The van der Waals surface area contributed by atoms with E-state index in [2.05, 4.69) is 15.6 Å². The molecule has 2 N–H and O–H groups in total. The highest BCUT2D eigenvalue weighted by Crippen LogP contribution is 2.33. The fraction of sp³-hybridized carbons (Fsp3) is 0.0952. The van der Waals surface area contributed by atoms with Crippen molar-refractivity contribution in [2.24, 2.45) is 0 Å². The van der Waals surface area contributed by atoms with E-state index in [9.17, 15) is 4.79 Å². The number of amides is 1. The van der Waals surface area contributed by atoms with Gasteiger partial charge in [-0.15, -0.1) is 0 Å². The van der Waals surface area contributed by atoms with Gasteiger partial charge in [0.2, 0.25) is 5.91 Å². The lowest BCUT2D eigenvalue weighted by Gasteiger charge is -2.15. The maximum atomic E-state index is 11.4. The highest BCUT2D eigenvalue weighted by atomic mass is 32.1. The van der Waals surface area contributed by atoms with E-state index in [0.29, 0.717) is 28.8 Å². The topological polar surface area (TPSA) is 76.1 Å². The molecule has 0 unspecified atom stereocenters. The lowest BCUT2D eigenvalue weighted by atomic mass is 10.2. The third kappa shape index (κ3) is 3.65. The number of nitrogens with one attached hydrogen (secondary N) is 2. The number of carbonyl (C=O) groups excluding carboxylic acids is 1. The first kappa shape index (κ1) is 17.9. The maximum Gasteiger partial charge on any atom is 0.221 e. The summed E-state index contributed by atoms with van der Waals surface area (Å²) in [6.07, 6.45) is 0. The zero-order chi connectivity index (χ0) is 19.5. The molecule has 1 amide bonds. The lowest BCUT2D eigenvalue weighted by Crippen LogP contribution is -2.06. The summed E-state index contributed by atoms with van der Waals surface area (Å²) in [5.74, 6) is 1.83. The van der Waals surface area contributed by atoms with Crippen molar-refractivity contribution in [2.75, 3.05) is 17.7 Å². The Balaban J connectivity index is 1.82. The Morgan fingerprint density at radius 2 is 1.96 bits per heavy atom. The molecule has 2 aromatic heterocycles. The van der Waals surface area contributed by atoms with Crippen LogP contribution in [0.1, 0.15) is 6.92 Å². The first-order chi connectivity index (χ1) is 13.6. The molecule has 2 aromatic carbocycles. The van der Waals surface area contributed by atoms with Crippen molar-refractivity contribution in [2.45, 2.75) is 6.92 Å². The van der Waals surface area contributed by atoms with Crippen molar-refractivity contribution in [1.82, 2.24) is 9.97 Å². The maximum absolute atomic E-state index is 11.4. The first-order valence-electron chi connectivity index (χ1n) is 8.66. The second kappa shape index (κ2) is 7.66. The quantitative estimate of drug-likeness (QED) is 0.498. The van der Waals surface area contributed by atoms with Gasteiger partial charge in [-0.2, -0.15) is 11.3 Å². The Morgan fingerprint density at radius 3 is 2.71 bits per heavy atom. The number of hydrogen-bond donors (Lipinski definition) is 2. The van der Waals surface area contributed by atoms with Gasteiger partial charge < -0.3 is 15.4 Å². The largest absolute Gasteiger partial charge is 0.495 e. The third-order valence-corrected chi connectivity index (χ3v) is 4.84. The van der Waals surface area contributed by atoms with Crippen molar-refractivity contribution in [1.29, 1.82) is 0 Å². The Kier molecular flexibility index (Phi) is 4.90. The monoisotopic (exact) mass is 390 g/mol. The molecule has 2 heterocycles. The minimum atomic E-state index is -0.136. The van der Waals surface area contributed by atoms with Gasteiger partial charge in [0.1, 0.15) is 11.6 Å². The Labute approximate surface area is 166 Å². The van der Waals surface area contributed by atoms with E-state index in [1.54, 1.807) is 30.6 Å². The first-order valence-corrected chi connectivity index (χ1v) is 9.60. The van der Waals surface area contributed by atoms with Crippen LogP contribution in [0.2, 0.25) is 0 Å². The number of hydrogen-bond acceptors (Lipinski definition) is 6. The number of para-hydroxylation sites is 1. The second-order valence-corrected chi connectivity index (χ2v) is 6.93. The number of methoxy groups -OCH3 is 1. The van der Waals surface area contributed by atoms with Crippen molar-refractivity contribution < 1.29 is 9.53 Å². The van der Waals surface area contributed by atoms with E-state index in [1.807, 2.05) is 47.2 Å². The molecule has 0 atom stereocenters. The third-order valence-electron chi connectivity index (χ3n) is 4.16. The number of carbonyl (C=O) groups is 1. The van der Waals surface area contributed by atoms with Gasteiger partial charge in [0.05, 0.1) is 18.3 Å². The van der Waals surface area contributed by atoms with Crippen LogP contribution in [-0.4, -0.2) is 23.0 Å². The molecular weight excluding hydrogens is 372 g/mol. The van der Waals surface area contributed by atoms with Crippen molar-refractivity contribution in [3.05, 3.63) is 59.3 Å². The van der Waals surface area contributed by atoms with Gasteiger partial charge in [-0.1, -0.05) is 12.1 Å². The molecular formula is C21H18N4O2S. The van der Waals surface area contributed by atoms with Gasteiger partial charge >= 0.3 is 0 Å². The normalized spacial score (nSPS) is 10.6. The lowest BCUT2D eigenvalue weighted by molar-refractivity contribution is -0.114. The van der Waals surface area contributed by atoms with Crippen LogP contribution in [0.25, 0.3) is 22.3 Å². The van der Waals surface area contributed by atoms with Crippen LogP contribution in [0, 0.1) is 0 Å². The smallest absolute Gasteiger partial charge is 0.221 e. The zero-order valence-corrected chi connectivity index (χ0v) is 16.2. The predicted molar refractivity (Wildman–Crippen MR) is 113 cm³/mol. The SMILES string of the molecule is COc1ccc(NC(C)=O)cc1Nc1nc(-c2ccsc2)nc2ccccc12.